The molecule has 146 valence electrons. The fraction of sp³-hybridized carbons (Fsp3) is 0.684. The Morgan fingerprint density at radius 3 is 2.77 bits per heavy atom. The van der Waals surface area contributed by atoms with Gasteiger partial charge in [-0.3, -0.25) is 4.90 Å². The van der Waals surface area contributed by atoms with Crippen molar-refractivity contribution in [2.75, 3.05) is 46.5 Å². The van der Waals surface area contributed by atoms with Gasteiger partial charge in [-0.25, -0.2) is 9.98 Å². The molecule has 0 amide bonds. The van der Waals surface area contributed by atoms with Crippen LogP contribution in [-0.4, -0.2) is 68.4 Å². The van der Waals surface area contributed by atoms with Crippen LogP contribution in [0.15, 0.2) is 23.3 Å². The lowest BCUT2D eigenvalue weighted by atomic mass is 10.0. The van der Waals surface area contributed by atoms with Gasteiger partial charge in [-0.05, 0) is 18.9 Å². The van der Waals surface area contributed by atoms with E-state index in [0.29, 0.717) is 24.4 Å². The van der Waals surface area contributed by atoms with Crippen LogP contribution < -0.4 is 15.4 Å². The highest BCUT2D eigenvalue weighted by molar-refractivity contribution is 5.79. The number of aromatic nitrogens is 1. The molecule has 1 atom stereocenters. The van der Waals surface area contributed by atoms with E-state index in [9.17, 15) is 0 Å². The maximum absolute atomic E-state index is 5.49. The number of nitrogens with one attached hydrogen (secondary N) is 2. The van der Waals surface area contributed by atoms with Crippen LogP contribution in [0.4, 0.5) is 0 Å². The third-order valence-electron chi connectivity index (χ3n) is 4.56. The Morgan fingerprint density at radius 1 is 1.35 bits per heavy atom. The molecule has 0 spiro atoms. The summed E-state index contributed by atoms with van der Waals surface area (Å²) in [5.74, 6) is 2.00. The highest BCUT2D eigenvalue weighted by Gasteiger charge is 2.23. The van der Waals surface area contributed by atoms with Crippen LogP contribution in [0.2, 0.25) is 0 Å². The Hall–Kier alpha value is -1.86. The first-order chi connectivity index (χ1) is 12.7. The quantitative estimate of drug-likeness (QED) is 0.539. The molecule has 0 saturated carbocycles. The van der Waals surface area contributed by atoms with Crippen molar-refractivity contribution in [1.29, 1.82) is 0 Å². The summed E-state index contributed by atoms with van der Waals surface area (Å²) < 4.78 is 10.8. The second-order valence-corrected chi connectivity index (χ2v) is 6.71. The highest BCUT2D eigenvalue weighted by atomic mass is 16.5. The van der Waals surface area contributed by atoms with Crippen molar-refractivity contribution in [3.8, 4) is 5.88 Å². The molecule has 0 aliphatic carbocycles. The number of rotatable bonds is 8. The molecule has 7 nitrogen and oxygen atoms in total. The Balaban J connectivity index is 1.99. The molecule has 1 aromatic rings. The molecule has 1 fully saturated rings. The Bertz CT molecular complexity index is 559. The van der Waals surface area contributed by atoms with Crippen LogP contribution in [0, 0.1) is 5.92 Å². The average Bonchev–Trinajstić information content (AvgIpc) is 2.67. The van der Waals surface area contributed by atoms with E-state index in [2.05, 4.69) is 41.3 Å². The van der Waals surface area contributed by atoms with E-state index in [1.807, 2.05) is 12.1 Å². The average molecular weight is 364 g/mol. The van der Waals surface area contributed by atoms with E-state index in [0.717, 1.165) is 50.9 Å². The molecular formula is C19H33N5O2. The molecule has 26 heavy (non-hydrogen) atoms. The van der Waals surface area contributed by atoms with Gasteiger partial charge in [0.05, 0.1) is 26.9 Å². The predicted molar refractivity (Wildman–Crippen MR) is 105 cm³/mol. The van der Waals surface area contributed by atoms with Crippen molar-refractivity contribution in [2.45, 2.75) is 33.4 Å². The van der Waals surface area contributed by atoms with Crippen LogP contribution in [0.3, 0.4) is 0 Å². The smallest absolute Gasteiger partial charge is 0.218 e. The Kier molecular flexibility index (Phi) is 8.64. The van der Waals surface area contributed by atoms with Crippen molar-refractivity contribution >= 4 is 5.96 Å². The number of hydrogen-bond acceptors (Lipinski definition) is 5. The van der Waals surface area contributed by atoms with E-state index < -0.39 is 0 Å². The topological polar surface area (TPSA) is 71.0 Å². The van der Waals surface area contributed by atoms with Gasteiger partial charge in [0.2, 0.25) is 5.88 Å². The minimum Gasteiger partial charge on any atom is -0.481 e. The fourth-order valence-corrected chi connectivity index (χ4v) is 3.13. The van der Waals surface area contributed by atoms with Gasteiger partial charge in [-0.15, -0.1) is 0 Å². The van der Waals surface area contributed by atoms with Gasteiger partial charge in [0.25, 0.3) is 0 Å². The predicted octanol–water partition coefficient (Wildman–Crippen LogP) is 1.50. The standard InChI is InChI=1S/C19H33N5O2/c1-5-20-19(22-13-16-7-6-8-21-18(16)25-4)23-14-17(15(2)3)24-9-11-26-12-10-24/h6-8,15,17H,5,9-14H2,1-4H3,(H2,20,22,23). The number of morpholine rings is 1. The zero-order valence-electron chi connectivity index (χ0n) is 16.5. The number of pyridine rings is 1. The van der Waals surface area contributed by atoms with Gasteiger partial charge in [0.1, 0.15) is 0 Å². The lowest BCUT2D eigenvalue weighted by molar-refractivity contribution is 0.00752. The van der Waals surface area contributed by atoms with E-state index in [-0.39, 0.29) is 0 Å². The fourth-order valence-electron chi connectivity index (χ4n) is 3.13. The second kappa shape index (κ2) is 11.0. The first kappa shape index (κ1) is 20.5. The largest absolute Gasteiger partial charge is 0.481 e. The van der Waals surface area contributed by atoms with Gasteiger partial charge in [0.15, 0.2) is 5.96 Å². The SMILES string of the molecule is CCNC(=NCc1cccnc1OC)NCC(C(C)C)N1CCOCC1. The molecule has 1 aliphatic heterocycles. The molecule has 1 saturated heterocycles. The van der Waals surface area contributed by atoms with Crippen molar-refractivity contribution in [3.63, 3.8) is 0 Å². The third-order valence-corrected chi connectivity index (χ3v) is 4.56. The van der Waals surface area contributed by atoms with Crippen LogP contribution in [-0.2, 0) is 11.3 Å². The van der Waals surface area contributed by atoms with Crippen LogP contribution in [0.1, 0.15) is 26.3 Å². The van der Waals surface area contributed by atoms with Gasteiger partial charge in [-0.2, -0.15) is 0 Å². The molecule has 2 heterocycles. The van der Waals surface area contributed by atoms with Crippen molar-refractivity contribution in [2.24, 2.45) is 10.9 Å². The van der Waals surface area contributed by atoms with Gasteiger partial charge < -0.3 is 20.1 Å². The van der Waals surface area contributed by atoms with Crippen LogP contribution in [0.5, 0.6) is 5.88 Å². The van der Waals surface area contributed by atoms with Crippen LogP contribution >= 0.6 is 0 Å². The summed E-state index contributed by atoms with van der Waals surface area (Å²) in [6.07, 6.45) is 1.73. The van der Waals surface area contributed by atoms with Crippen molar-refractivity contribution in [1.82, 2.24) is 20.5 Å². The van der Waals surface area contributed by atoms with Gasteiger partial charge >= 0.3 is 0 Å². The molecule has 1 aromatic heterocycles. The summed E-state index contributed by atoms with van der Waals surface area (Å²) in [6.45, 7) is 12.4. The lowest BCUT2D eigenvalue weighted by Crippen LogP contribution is -2.52. The first-order valence-corrected chi connectivity index (χ1v) is 9.47. The maximum Gasteiger partial charge on any atom is 0.218 e. The molecule has 0 aromatic carbocycles. The maximum atomic E-state index is 5.49. The highest BCUT2D eigenvalue weighted by Crippen LogP contribution is 2.15. The summed E-state index contributed by atoms with van der Waals surface area (Å²) in [5.41, 5.74) is 0.973. The summed E-state index contributed by atoms with van der Waals surface area (Å²) in [5, 5.41) is 6.82. The van der Waals surface area contributed by atoms with Crippen molar-refractivity contribution in [3.05, 3.63) is 23.9 Å². The van der Waals surface area contributed by atoms with Crippen LogP contribution in [0.25, 0.3) is 0 Å². The van der Waals surface area contributed by atoms with Gasteiger partial charge in [0, 0.05) is 44.0 Å². The number of methoxy groups -OCH3 is 1. The molecular weight excluding hydrogens is 330 g/mol. The lowest BCUT2D eigenvalue weighted by Gasteiger charge is -2.37. The second-order valence-electron chi connectivity index (χ2n) is 6.71. The Morgan fingerprint density at radius 2 is 2.12 bits per heavy atom. The van der Waals surface area contributed by atoms with Gasteiger partial charge in [-0.1, -0.05) is 19.9 Å². The third kappa shape index (κ3) is 6.14. The first-order valence-electron chi connectivity index (χ1n) is 9.47. The van der Waals surface area contributed by atoms with E-state index in [4.69, 9.17) is 14.5 Å². The molecule has 2 N–H and O–H groups in total. The van der Waals surface area contributed by atoms with E-state index in [1.165, 1.54) is 0 Å². The molecule has 2 rings (SSSR count). The molecule has 7 heteroatoms. The summed E-state index contributed by atoms with van der Waals surface area (Å²) in [6, 6.07) is 4.35. The van der Waals surface area contributed by atoms with Crippen molar-refractivity contribution < 1.29 is 9.47 Å². The zero-order chi connectivity index (χ0) is 18.8. The molecule has 0 radical (unpaired) electrons. The van der Waals surface area contributed by atoms with E-state index in [1.54, 1.807) is 13.3 Å². The van der Waals surface area contributed by atoms with E-state index >= 15 is 0 Å². The molecule has 0 bridgehead atoms. The normalized spacial score (nSPS) is 17.2. The Labute approximate surface area is 157 Å². The monoisotopic (exact) mass is 363 g/mol. The number of guanidine groups is 1. The summed E-state index contributed by atoms with van der Waals surface area (Å²) >= 11 is 0. The summed E-state index contributed by atoms with van der Waals surface area (Å²) in [4.78, 5) is 11.4. The molecule has 1 unspecified atom stereocenters. The minimum absolute atomic E-state index is 0.454. The zero-order valence-corrected chi connectivity index (χ0v) is 16.5. The molecule has 1 aliphatic rings. The minimum atomic E-state index is 0.454. The number of aliphatic imine (C=N–C) groups is 1. The number of hydrogen-bond donors (Lipinski definition) is 2. The number of nitrogens with zero attached hydrogens (tertiary/aromatic N) is 3. The number of ether oxygens (including phenoxy) is 2. The summed E-state index contributed by atoms with van der Waals surface area (Å²) in [7, 11) is 1.63.